The maximum Gasteiger partial charge on any atom is 0.0737 e. The minimum Gasteiger partial charge on any atom is -0.309 e. The predicted octanol–water partition coefficient (Wildman–Crippen LogP) is 18.7. The van der Waals surface area contributed by atoms with Crippen LogP contribution in [0.2, 0.25) is 0 Å². The van der Waals surface area contributed by atoms with Crippen LogP contribution in [0.25, 0.3) is 126 Å². The summed E-state index contributed by atoms with van der Waals surface area (Å²) < 4.78 is 2.40. The van der Waals surface area contributed by atoms with Crippen molar-refractivity contribution in [3.05, 3.63) is 283 Å². The smallest absolute Gasteiger partial charge is 0.0737 e. The van der Waals surface area contributed by atoms with E-state index >= 15 is 0 Å². The van der Waals surface area contributed by atoms with Crippen molar-refractivity contribution in [2.45, 2.75) is 5.41 Å². The summed E-state index contributed by atoms with van der Waals surface area (Å²) in [5, 5.41) is 12.7. The highest BCUT2D eigenvalue weighted by Crippen LogP contribution is 2.65. The van der Waals surface area contributed by atoms with Crippen molar-refractivity contribution in [1.82, 2.24) is 4.57 Å². The summed E-state index contributed by atoms with van der Waals surface area (Å²) >= 11 is 0. The largest absolute Gasteiger partial charge is 0.309 e. The molecule has 14 aromatic rings. The van der Waals surface area contributed by atoms with E-state index in [1.807, 2.05) is 0 Å². The number of nitrogens with zero attached hydrogens (tertiary/aromatic N) is 1. The Morgan fingerprint density at radius 2 is 0.736 bits per heavy atom. The molecule has 72 heavy (non-hydrogen) atoms. The molecule has 0 saturated heterocycles. The van der Waals surface area contributed by atoms with E-state index in [0.717, 1.165) is 0 Å². The van der Waals surface area contributed by atoms with Gasteiger partial charge in [-0.15, -0.1) is 0 Å². The van der Waals surface area contributed by atoms with E-state index in [1.165, 1.54) is 148 Å². The fourth-order valence-corrected chi connectivity index (χ4v) is 13.5. The summed E-state index contributed by atoms with van der Waals surface area (Å²) in [5.41, 5.74) is 21.3. The van der Waals surface area contributed by atoms with Crippen LogP contribution in [0.4, 0.5) is 0 Å². The zero-order chi connectivity index (χ0) is 47.1. The molecule has 0 amide bonds. The Kier molecular flexibility index (Phi) is 8.16. The normalized spacial score (nSPS) is 13.1. The SMILES string of the molecule is c1ccc(-n2c3ccccc3c3cc(-c4c5ccccc5c(-c5cccc(-c6ccc7c8c(ccc7c6)-c6ccc7ccccc7c6C86c7ccccc7-c7ccccc76)c5)c5ccccc45)ccc32)cc1. The molecule has 332 valence electrons. The molecule has 2 aliphatic carbocycles. The molecular formula is C71H43N. The van der Waals surface area contributed by atoms with Crippen LogP contribution in [0.1, 0.15) is 22.3 Å². The maximum absolute atomic E-state index is 2.43. The Bertz CT molecular complexity index is 4520. The summed E-state index contributed by atoms with van der Waals surface area (Å²) in [6.07, 6.45) is 0. The molecule has 0 fully saturated rings. The van der Waals surface area contributed by atoms with Gasteiger partial charge in [0, 0.05) is 16.5 Å². The van der Waals surface area contributed by atoms with E-state index in [9.17, 15) is 0 Å². The highest BCUT2D eigenvalue weighted by atomic mass is 15.0. The summed E-state index contributed by atoms with van der Waals surface area (Å²) in [6.45, 7) is 0. The topological polar surface area (TPSA) is 4.93 Å². The molecule has 16 rings (SSSR count). The van der Waals surface area contributed by atoms with Crippen molar-refractivity contribution in [2.75, 3.05) is 0 Å². The van der Waals surface area contributed by atoms with Gasteiger partial charge >= 0.3 is 0 Å². The van der Waals surface area contributed by atoms with E-state index in [2.05, 4.69) is 265 Å². The van der Waals surface area contributed by atoms with E-state index in [4.69, 9.17) is 0 Å². The van der Waals surface area contributed by atoms with Crippen LogP contribution in [0, 0.1) is 0 Å². The number of para-hydroxylation sites is 2. The zero-order valence-corrected chi connectivity index (χ0v) is 39.3. The fourth-order valence-electron chi connectivity index (χ4n) is 13.5. The van der Waals surface area contributed by atoms with Crippen molar-refractivity contribution in [2.24, 2.45) is 0 Å². The lowest BCUT2D eigenvalue weighted by Gasteiger charge is -2.32. The third-order valence-electron chi connectivity index (χ3n) is 16.3. The first kappa shape index (κ1) is 39.5. The van der Waals surface area contributed by atoms with Crippen molar-refractivity contribution >= 4 is 64.9 Å². The average Bonchev–Trinajstić information content (AvgIpc) is 4.07. The lowest BCUT2D eigenvalue weighted by Crippen LogP contribution is -2.26. The number of benzene rings is 13. The van der Waals surface area contributed by atoms with Crippen LogP contribution in [-0.4, -0.2) is 4.57 Å². The van der Waals surface area contributed by atoms with Gasteiger partial charge in [-0.25, -0.2) is 0 Å². The number of hydrogen-bond donors (Lipinski definition) is 0. The highest BCUT2D eigenvalue weighted by Gasteiger charge is 2.53. The number of hydrogen-bond acceptors (Lipinski definition) is 0. The molecular weight excluding hydrogens is 867 g/mol. The Hall–Kier alpha value is -9.30. The molecule has 1 spiro atoms. The van der Waals surface area contributed by atoms with Gasteiger partial charge in [0.05, 0.1) is 16.4 Å². The average molecular weight is 910 g/mol. The zero-order valence-electron chi connectivity index (χ0n) is 39.3. The van der Waals surface area contributed by atoms with Gasteiger partial charge in [0.25, 0.3) is 0 Å². The van der Waals surface area contributed by atoms with E-state index in [1.54, 1.807) is 0 Å². The molecule has 0 N–H and O–H groups in total. The first-order valence-corrected chi connectivity index (χ1v) is 25.2. The maximum atomic E-state index is 2.43. The van der Waals surface area contributed by atoms with Crippen molar-refractivity contribution in [3.8, 4) is 61.3 Å². The molecule has 0 atom stereocenters. The van der Waals surface area contributed by atoms with Gasteiger partial charge in [-0.3, -0.25) is 0 Å². The van der Waals surface area contributed by atoms with Gasteiger partial charge < -0.3 is 4.57 Å². The second kappa shape index (κ2) is 14.9. The van der Waals surface area contributed by atoms with E-state index in [-0.39, 0.29) is 0 Å². The predicted molar refractivity (Wildman–Crippen MR) is 303 cm³/mol. The molecule has 0 unspecified atom stereocenters. The van der Waals surface area contributed by atoms with E-state index in [0.29, 0.717) is 0 Å². The lowest BCUT2D eigenvalue weighted by molar-refractivity contribution is 0.809. The minimum atomic E-state index is -0.458. The second-order valence-electron chi connectivity index (χ2n) is 19.8. The van der Waals surface area contributed by atoms with Gasteiger partial charge in [-0.1, -0.05) is 218 Å². The third-order valence-corrected chi connectivity index (χ3v) is 16.3. The Labute approximate surface area is 417 Å². The van der Waals surface area contributed by atoms with Gasteiger partial charge in [-0.05, 0) is 163 Å². The first-order chi connectivity index (χ1) is 35.7. The first-order valence-electron chi connectivity index (χ1n) is 25.2. The van der Waals surface area contributed by atoms with Crippen molar-refractivity contribution < 1.29 is 0 Å². The summed E-state index contributed by atoms with van der Waals surface area (Å²) in [7, 11) is 0. The fraction of sp³-hybridized carbons (Fsp3) is 0.0141. The number of fused-ring (bicyclic) bond motifs is 19. The van der Waals surface area contributed by atoms with Crippen LogP contribution in [0.15, 0.2) is 261 Å². The van der Waals surface area contributed by atoms with Crippen molar-refractivity contribution in [1.29, 1.82) is 0 Å². The summed E-state index contributed by atoms with van der Waals surface area (Å²) in [4.78, 5) is 0. The van der Waals surface area contributed by atoms with Crippen LogP contribution in [0.3, 0.4) is 0 Å². The van der Waals surface area contributed by atoms with Crippen LogP contribution in [0.5, 0.6) is 0 Å². The Morgan fingerprint density at radius 3 is 1.42 bits per heavy atom. The highest BCUT2D eigenvalue weighted by molar-refractivity contribution is 6.23. The summed E-state index contributed by atoms with van der Waals surface area (Å²) in [6, 6.07) is 97.9. The monoisotopic (exact) mass is 909 g/mol. The van der Waals surface area contributed by atoms with Crippen molar-refractivity contribution in [3.63, 3.8) is 0 Å². The van der Waals surface area contributed by atoms with Gasteiger partial charge in [0.1, 0.15) is 0 Å². The molecule has 0 radical (unpaired) electrons. The van der Waals surface area contributed by atoms with Crippen LogP contribution in [-0.2, 0) is 5.41 Å². The number of rotatable bonds is 4. The molecule has 0 bridgehead atoms. The lowest BCUT2D eigenvalue weighted by atomic mass is 9.68. The molecule has 1 nitrogen and oxygen atoms in total. The minimum absolute atomic E-state index is 0.458. The standard InChI is InChI=1S/C71H43N/c1-2-20-50(21-3-1)72-65-32-15-12-25-55(65)62-43-49(36-40-66(62)72)68-58-28-8-6-26-56(58)67(57-27-7-9-29-59(57)68)48-19-16-18-45(42-48)46-34-37-52-47(41-46)35-39-61-60-38-33-44-17-4-5-22-51(44)69(60)71(70(52)61)63-30-13-10-23-53(63)54-24-11-14-31-64(54)71/h1-43H. The second-order valence-corrected chi connectivity index (χ2v) is 19.8. The molecule has 0 saturated carbocycles. The Morgan fingerprint density at radius 1 is 0.250 bits per heavy atom. The van der Waals surface area contributed by atoms with Gasteiger partial charge in [-0.2, -0.15) is 0 Å². The van der Waals surface area contributed by atoms with Gasteiger partial charge in [0.15, 0.2) is 0 Å². The Balaban J connectivity index is 0.871. The molecule has 1 aromatic heterocycles. The molecule has 13 aromatic carbocycles. The molecule has 0 aliphatic heterocycles. The molecule has 1 heteroatoms. The molecule has 2 aliphatic rings. The summed E-state index contributed by atoms with van der Waals surface area (Å²) in [5.74, 6) is 0. The third kappa shape index (κ3) is 5.27. The van der Waals surface area contributed by atoms with Crippen LogP contribution >= 0.6 is 0 Å². The van der Waals surface area contributed by atoms with Gasteiger partial charge in [0.2, 0.25) is 0 Å². The molecule has 1 heterocycles. The van der Waals surface area contributed by atoms with Crippen LogP contribution < -0.4 is 0 Å². The number of aromatic nitrogens is 1. The van der Waals surface area contributed by atoms with E-state index < -0.39 is 5.41 Å². The quantitative estimate of drug-likeness (QED) is 0.155.